The Morgan fingerprint density at radius 1 is 1.13 bits per heavy atom. The zero-order chi connectivity index (χ0) is 16.8. The third-order valence-electron chi connectivity index (χ3n) is 3.50. The van der Waals surface area contributed by atoms with E-state index in [0.717, 1.165) is 5.56 Å². The molecule has 0 aliphatic rings. The Morgan fingerprint density at radius 2 is 1.78 bits per heavy atom. The normalized spacial score (nSPS) is 13.2. The number of benzene rings is 2. The first-order valence-corrected chi connectivity index (χ1v) is 7.48. The highest BCUT2D eigenvalue weighted by Crippen LogP contribution is 2.19. The molecule has 2 aromatic rings. The van der Waals surface area contributed by atoms with Gasteiger partial charge in [0.1, 0.15) is 5.82 Å². The molecule has 0 aliphatic heterocycles. The first-order valence-electron chi connectivity index (χ1n) is 7.48. The molecule has 0 spiro atoms. The van der Waals surface area contributed by atoms with Crippen molar-refractivity contribution in [1.29, 1.82) is 0 Å². The second-order valence-electron chi connectivity index (χ2n) is 5.23. The third kappa shape index (κ3) is 4.52. The van der Waals surface area contributed by atoms with E-state index in [2.05, 4.69) is 5.32 Å². The van der Waals surface area contributed by atoms with Gasteiger partial charge in [0.2, 0.25) is 0 Å². The predicted molar refractivity (Wildman–Crippen MR) is 84.1 cm³/mol. The van der Waals surface area contributed by atoms with Crippen molar-refractivity contribution in [2.45, 2.75) is 32.4 Å². The SMILES string of the molecule is CC[C@H](Oc1ccccc1F)C(=O)N[C@@H](C)c1ccc(F)cc1. The number of hydrogen-bond acceptors (Lipinski definition) is 2. The highest BCUT2D eigenvalue weighted by Gasteiger charge is 2.21. The average molecular weight is 319 g/mol. The van der Waals surface area contributed by atoms with E-state index in [1.807, 2.05) is 0 Å². The number of hydrogen-bond donors (Lipinski definition) is 1. The van der Waals surface area contributed by atoms with Crippen LogP contribution in [0.4, 0.5) is 8.78 Å². The molecule has 0 aromatic heterocycles. The number of amides is 1. The number of carbonyl (C=O) groups is 1. The van der Waals surface area contributed by atoms with Crippen LogP contribution in [0, 0.1) is 11.6 Å². The predicted octanol–water partition coefficient (Wildman–Crippen LogP) is 4.00. The van der Waals surface area contributed by atoms with Gasteiger partial charge >= 0.3 is 0 Å². The van der Waals surface area contributed by atoms with Gasteiger partial charge in [0.25, 0.3) is 5.91 Å². The van der Waals surface area contributed by atoms with Gasteiger partial charge in [-0.2, -0.15) is 0 Å². The maximum atomic E-state index is 13.6. The number of carbonyl (C=O) groups excluding carboxylic acids is 1. The lowest BCUT2D eigenvalue weighted by Gasteiger charge is -2.21. The molecule has 1 amide bonds. The summed E-state index contributed by atoms with van der Waals surface area (Å²) in [5.74, 6) is -1.14. The molecule has 2 aromatic carbocycles. The van der Waals surface area contributed by atoms with Crippen LogP contribution >= 0.6 is 0 Å². The second kappa shape index (κ2) is 7.72. The minimum atomic E-state index is -0.796. The van der Waals surface area contributed by atoms with Crippen molar-refractivity contribution in [3.8, 4) is 5.75 Å². The summed E-state index contributed by atoms with van der Waals surface area (Å²) in [4.78, 5) is 12.3. The van der Waals surface area contributed by atoms with Crippen molar-refractivity contribution in [3.63, 3.8) is 0 Å². The Morgan fingerprint density at radius 3 is 2.39 bits per heavy atom. The Hall–Kier alpha value is -2.43. The summed E-state index contributed by atoms with van der Waals surface area (Å²) < 4.78 is 32.0. The van der Waals surface area contributed by atoms with E-state index >= 15 is 0 Å². The van der Waals surface area contributed by atoms with Crippen LogP contribution < -0.4 is 10.1 Å². The molecular weight excluding hydrogens is 300 g/mol. The Balaban J connectivity index is 2.02. The molecule has 1 N–H and O–H groups in total. The van der Waals surface area contributed by atoms with E-state index in [4.69, 9.17) is 4.74 Å². The van der Waals surface area contributed by atoms with Gasteiger partial charge in [-0.1, -0.05) is 31.2 Å². The van der Waals surface area contributed by atoms with Crippen LogP contribution in [0.5, 0.6) is 5.75 Å². The molecule has 0 saturated heterocycles. The summed E-state index contributed by atoms with van der Waals surface area (Å²) in [5, 5.41) is 2.80. The van der Waals surface area contributed by atoms with Crippen molar-refractivity contribution in [2.75, 3.05) is 0 Å². The molecule has 0 radical (unpaired) electrons. The summed E-state index contributed by atoms with van der Waals surface area (Å²) in [6.45, 7) is 3.58. The summed E-state index contributed by atoms with van der Waals surface area (Å²) in [5.41, 5.74) is 0.778. The lowest BCUT2D eigenvalue weighted by Crippen LogP contribution is -2.39. The van der Waals surface area contributed by atoms with Gasteiger partial charge in [0, 0.05) is 0 Å². The van der Waals surface area contributed by atoms with E-state index in [9.17, 15) is 13.6 Å². The fourth-order valence-corrected chi connectivity index (χ4v) is 2.16. The van der Waals surface area contributed by atoms with E-state index in [0.29, 0.717) is 6.42 Å². The fourth-order valence-electron chi connectivity index (χ4n) is 2.16. The zero-order valence-electron chi connectivity index (χ0n) is 13.1. The monoisotopic (exact) mass is 319 g/mol. The molecule has 5 heteroatoms. The minimum Gasteiger partial charge on any atom is -0.478 e. The minimum absolute atomic E-state index is 0.0453. The molecule has 0 aliphatic carbocycles. The van der Waals surface area contributed by atoms with Crippen LogP contribution in [0.1, 0.15) is 31.9 Å². The molecule has 0 bridgehead atoms. The number of halogens is 2. The van der Waals surface area contributed by atoms with Crippen LogP contribution in [-0.2, 0) is 4.79 Å². The van der Waals surface area contributed by atoms with E-state index in [1.54, 1.807) is 38.1 Å². The van der Waals surface area contributed by atoms with Gasteiger partial charge in [-0.15, -0.1) is 0 Å². The fraction of sp³-hybridized carbons (Fsp3) is 0.278. The standard InChI is InChI=1S/C18H19F2NO2/c1-3-16(23-17-7-5-4-6-15(17)20)18(22)21-12(2)13-8-10-14(19)11-9-13/h4-12,16H,3H2,1-2H3,(H,21,22)/t12-,16-/m0/s1. The topological polar surface area (TPSA) is 38.3 Å². The maximum absolute atomic E-state index is 13.6. The third-order valence-corrected chi connectivity index (χ3v) is 3.50. The van der Waals surface area contributed by atoms with Gasteiger partial charge in [0.15, 0.2) is 17.7 Å². The van der Waals surface area contributed by atoms with E-state index in [-0.39, 0.29) is 23.5 Å². The summed E-state index contributed by atoms with van der Waals surface area (Å²) in [7, 11) is 0. The van der Waals surface area contributed by atoms with Crippen molar-refractivity contribution in [3.05, 3.63) is 65.7 Å². The van der Waals surface area contributed by atoms with Crippen molar-refractivity contribution in [2.24, 2.45) is 0 Å². The maximum Gasteiger partial charge on any atom is 0.261 e. The van der Waals surface area contributed by atoms with Crippen molar-refractivity contribution in [1.82, 2.24) is 5.32 Å². The van der Waals surface area contributed by atoms with Crippen LogP contribution in [0.2, 0.25) is 0 Å². The number of nitrogens with one attached hydrogen (secondary N) is 1. The number of rotatable bonds is 6. The van der Waals surface area contributed by atoms with Gasteiger partial charge in [-0.3, -0.25) is 4.79 Å². The van der Waals surface area contributed by atoms with Crippen molar-refractivity contribution < 1.29 is 18.3 Å². The zero-order valence-corrected chi connectivity index (χ0v) is 13.1. The molecule has 23 heavy (non-hydrogen) atoms. The summed E-state index contributed by atoms with van der Waals surface area (Å²) in [6.07, 6.45) is -0.397. The smallest absolute Gasteiger partial charge is 0.261 e. The Labute approximate surface area is 134 Å². The molecule has 0 heterocycles. The van der Waals surface area contributed by atoms with Crippen LogP contribution in [0.15, 0.2) is 48.5 Å². The van der Waals surface area contributed by atoms with Crippen LogP contribution in [-0.4, -0.2) is 12.0 Å². The molecule has 2 rings (SSSR count). The van der Waals surface area contributed by atoms with Gasteiger partial charge in [0.05, 0.1) is 6.04 Å². The molecule has 3 nitrogen and oxygen atoms in total. The average Bonchev–Trinajstić information content (AvgIpc) is 2.54. The van der Waals surface area contributed by atoms with Gasteiger partial charge in [-0.25, -0.2) is 8.78 Å². The van der Waals surface area contributed by atoms with Crippen LogP contribution in [0.25, 0.3) is 0 Å². The van der Waals surface area contributed by atoms with Gasteiger partial charge < -0.3 is 10.1 Å². The Bertz CT molecular complexity index is 658. The molecule has 0 saturated carbocycles. The number of para-hydroxylation sites is 1. The van der Waals surface area contributed by atoms with E-state index < -0.39 is 11.9 Å². The Kier molecular flexibility index (Phi) is 5.68. The lowest BCUT2D eigenvalue weighted by molar-refractivity contribution is -0.128. The lowest BCUT2D eigenvalue weighted by atomic mass is 10.1. The molecule has 2 atom stereocenters. The summed E-state index contributed by atoms with van der Waals surface area (Å²) >= 11 is 0. The summed E-state index contributed by atoms with van der Waals surface area (Å²) in [6, 6.07) is 11.6. The molecular formula is C18H19F2NO2. The number of ether oxygens (including phenoxy) is 1. The highest BCUT2D eigenvalue weighted by atomic mass is 19.1. The van der Waals surface area contributed by atoms with Gasteiger partial charge in [-0.05, 0) is 43.2 Å². The quantitative estimate of drug-likeness (QED) is 0.874. The highest BCUT2D eigenvalue weighted by molar-refractivity contribution is 5.81. The molecule has 122 valence electrons. The first-order chi connectivity index (χ1) is 11.0. The van der Waals surface area contributed by atoms with Crippen LogP contribution in [0.3, 0.4) is 0 Å². The molecule has 0 fully saturated rings. The second-order valence-corrected chi connectivity index (χ2v) is 5.23. The first kappa shape index (κ1) is 16.9. The largest absolute Gasteiger partial charge is 0.478 e. The van der Waals surface area contributed by atoms with E-state index in [1.165, 1.54) is 24.3 Å². The van der Waals surface area contributed by atoms with Crippen molar-refractivity contribution >= 4 is 5.91 Å². The molecule has 0 unspecified atom stereocenters.